The fourth-order valence-electron chi connectivity index (χ4n) is 4.07. The predicted octanol–water partition coefficient (Wildman–Crippen LogP) is 7.03. The second-order valence-electron chi connectivity index (χ2n) is 8.85. The van der Waals surface area contributed by atoms with E-state index in [1.165, 1.54) is 33.5 Å². The molecular weight excluding hydrogens is 314 g/mol. The van der Waals surface area contributed by atoms with Crippen molar-refractivity contribution in [2.75, 3.05) is 5.32 Å². The van der Waals surface area contributed by atoms with Crippen LogP contribution in [-0.2, 0) is 10.8 Å². The Kier molecular flexibility index (Phi) is 3.73. The first-order chi connectivity index (χ1) is 12.3. The molecule has 1 aliphatic carbocycles. The third kappa shape index (κ3) is 2.63. The van der Waals surface area contributed by atoms with Crippen LogP contribution in [0.3, 0.4) is 0 Å². The second-order valence-corrected chi connectivity index (χ2v) is 8.85. The van der Waals surface area contributed by atoms with Crippen LogP contribution < -0.4 is 5.32 Å². The van der Waals surface area contributed by atoms with E-state index in [-0.39, 0.29) is 10.8 Å². The summed E-state index contributed by atoms with van der Waals surface area (Å²) in [5.41, 5.74) is 9.39. The number of hydrogen-bond acceptors (Lipinski definition) is 1. The molecule has 0 aromatic heterocycles. The van der Waals surface area contributed by atoms with E-state index in [2.05, 4.69) is 107 Å². The monoisotopic (exact) mass is 341 g/mol. The van der Waals surface area contributed by atoms with Gasteiger partial charge in [-0.1, -0.05) is 83.1 Å². The van der Waals surface area contributed by atoms with Gasteiger partial charge in [0.15, 0.2) is 0 Å². The molecule has 0 amide bonds. The van der Waals surface area contributed by atoms with Crippen molar-refractivity contribution in [2.24, 2.45) is 0 Å². The highest BCUT2D eigenvalue weighted by Gasteiger charge is 2.36. The van der Waals surface area contributed by atoms with Crippen LogP contribution in [0, 0.1) is 0 Å². The molecule has 0 fully saturated rings. The Bertz CT molecular complexity index is 956. The van der Waals surface area contributed by atoms with Gasteiger partial charge in [-0.3, -0.25) is 0 Å². The van der Waals surface area contributed by atoms with E-state index in [1.54, 1.807) is 0 Å². The minimum Gasteiger partial charge on any atom is -0.355 e. The minimum absolute atomic E-state index is 0.0414. The molecule has 0 saturated carbocycles. The molecule has 0 saturated heterocycles. The summed E-state index contributed by atoms with van der Waals surface area (Å²) in [4.78, 5) is 0. The van der Waals surface area contributed by atoms with Crippen molar-refractivity contribution in [1.29, 1.82) is 0 Å². The summed E-state index contributed by atoms with van der Waals surface area (Å²) in [5.74, 6) is 0. The maximum absolute atomic E-state index is 3.66. The number of fused-ring (bicyclic) bond motifs is 3. The van der Waals surface area contributed by atoms with Crippen LogP contribution in [0.15, 0.2) is 66.7 Å². The van der Waals surface area contributed by atoms with Crippen LogP contribution >= 0.6 is 0 Å². The van der Waals surface area contributed by atoms with E-state index in [0.29, 0.717) is 0 Å². The third-order valence-electron chi connectivity index (χ3n) is 5.64. The fourth-order valence-corrected chi connectivity index (χ4v) is 4.07. The third-order valence-corrected chi connectivity index (χ3v) is 5.64. The van der Waals surface area contributed by atoms with Gasteiger partial charge in [0.2, 0.25) is 0 Å². The smallest absolute Gasteiger partial charge is 0.0467 e. The summed E-state index contributed by atoms with van der Waals surface area (Å²) in [7, 11) is 0. The summed E-state index contributed by atoms with van der Waals surface area (Å²) < 4.78 is 0. The molecule has 0 heterocycles. The Labute approximate surface area is 157 Å². The van der Waals surface area contributed by atoms with Crippen molar-refractivity contribution in [3.8, 4) is 11.1 Å². The van der Waals surface area contributed by atoms with Crippen LogP contribution in [0.5, 0.6) is 0 Å². The molecule has 0 unspecified atom stereocenters. The maximum atomic E-state index is 3.66. The summed E-state index contributed by atoms with van der Waals surface area (Å²) >= 11 is 0. The summed E-state index contributed by atoms with van der Waals surface area (Å²) in [6.45, 7) is 11.4. The molecule has 0 aliphatic heterocycles. The molecule has 132 valence electrons. The lowest BCUT2D eigenvalue weighted by molar-refractivity contribution is 0.590. The van der Waals surface area contributed by atoms with Crippen LogP contribution in [0.1, 0.15) is 51.3 Å². The Hall–Kier alpha value is -2.54. The number of nitrogens with one attached hydrogen (secondary N) is 1. The maximum Gasteiger partial charge on any atom is 0.0467 e. The first-order valence-electron chi connectivity index (χ1n) is 9.39. The molecule has 4 rings (SSSR count). The number of benzene rings is 3. The van der Waals surface area contributed by atoms with Crippen molar-refractivity contribution in [2.45, 2.75) is 45.4 Å². The quantitative estimate of drug-likeness (QED) is 0.527. The molecule has 3 aromatic rings. The highest BCUT2D eigenvalue weighted by atomic mass is 14.9. The van der Waals surface area contributed by atoms with Crippen LogP contribution in [-0.4, -0.2) is 0 Å². The van der Waals surface area contributed by atoms with E-state index < -0.39 is 0 Å². The van der Waals surface area contributed by atoms with Crippen molar-refractivity contribution < 1.29 is 0 Å². The molecule has 26 heavy (non-hydrogen) atoms. The largest absolute Gasteiger partial charge is 0.355 e. The lowest BCUT2D eigenvalue weighted by atomic mass is 9.82. The first-order valence-corrected chi connectivity index (χ1v) is 9.39. The van der Waals surface area contributed by atoms with Crippen LogP contribution in [0.25, 0.3) is 11.1 Å². The van der Waals surface area contributed by atoms with Gasteiger partial charge in [0.25, 0.3) is 0 Å². The van der Waals surface area contributed by atoms with Gasteiger partial charge in [-0.05, 0) is 45.9 Å². The molecular formula is C25H27N. The molecule has 0 spiro atoms. The molecule has 0 bridgehead atoms. The van der Waals surface area contributed by atoms with Crippen molar-refractivity contribution >= 4 is 11.4 Å². The van der Waals surface area contributed by atoms with Gasteiger partial charge in [0, 0.05) is 22.4 Å². The first kappa shape index (κ1) is 16.9. The summed E-state index contributed by atoms with van der Waals surface area (Å²) in [5, 5.41) is 3.66. The number of anilines is 2. The number of hydrogen-bond donors (Lipinski definition) is 1. The van der Waals surface area contributed by atoms with Crippen LogP contribution in [0.2, 0.25) is 0 Å². The van der Waals surface area contributed by atoms with Crippen molar-refractivity contribution in [3.63, 3.8) is 0 Å². The minimum atomic E-state index is 0.0414. The van der Waals surface area contributed by atoms with E-state index in [4.69, 9.17) is 0 Å². The van der Waals surface area contributed by atoms with Gasteiger partial charge < -0.3 is 5.32 Å². The van der Waals surface area contributed by atoms with E-state index in [0.717, 1.165) is 5.69 Å². The average molecular weight is 341 g/mol. The normalized spacial score (nSPS) is 14.7. The van der Waals surface area contributed by atoms with Crippen molar-refractivity contribution in [1.82, 2.24) is 0 Å². The second kappa shape index (κ2) is 5.74. The van der Waals surface area contributed by atoms with Gasteiger partial charge in [0.05, 0.1) is 0 Å². The zero-order chi connectivity index (χ0) is 18.5. The van der Waals surface area contributed by atoms with E-state index >= 15 is 0 Å². The molecule has 0 atom stereocenters. The zero-order valence-electron chi connectivity index (χ0n) is 16.4. The molecule has 1 aliphatic rings. The van der Waals surface area contributed by atoms with Crippen LogP contribution in [0.4, 0.5) is 11.4 Å². The lowest BCUT2D eigenvalue weighted by Gasteiger charge is -2.22. The van der Waals surface area contributed by atoms with Gasteiger partial charge in [-0.15, -0.1) is 0 Å². The molecule has 1 heteroatoms. The van der Waals surface area contributed by atoms with Gasteiger partial charge in [-0.2, -0.15) is 0 Å². The van der Waals surface area contributed by atoms with Gasteiger partial charge in [-0.25, -0.2) is 0 Å². The standard InChI is InChI=1S/C25H27N/c1-24(2,3)17-13-15-18(16-14-17)26-22-12-8-11-21-23(22)19-9-6-7-10-20(19)25(21,4)5/h6-16,26H,1-5H3. The molecule has 3 aromatic carbocycles. The van der Waals surface area contributed by atoms with Crippen molar-refractivity contribution in [3.05, 3.63) is 83.4 Å². The average Bonchev–Trinajstić information content (AvgIpc) is 2.84. The van der Waals surface area contributed by atoms with Gasteiger partial charge in [0.1, 0.15) is 0 Å². The SMILES string of the molecule is CC(C)(C)c1ccc(Nc2cccc3c2-c2ccccc2C3(C)C)cc1. The van der Waals surface area contributed by atoms with E-state index in [9.17, 15) is 0 Å². The Balaban J connectivity index is 1.77. The highest BCUT2D eigenvalue weighted by Crippen LogP contribution is 2.51. The van der Waals surface area contributed by atoms with Gasteiger partial charge >= 0.3 is 0 Å². The topological polar surface area (TPSA) is 12.0 Å². The molecule has 1 N–H and O–H groups in total. The predicted molar refractivity (Wildman–Crippen MR) is 112 cm³/mol. The molecule has 1 nitrogen and oxygen atoms in total. The lowest BCUT2D eigenvalue weighted by Crippen LogP contribution is -2.14. The number of rotatable bonds is 2. The summed E-state index contributed by atoms with van der Waals surface area (Å²) in [6.07, 6.45) is 0. The Morgan fingerprint density at radius 1 is 0.731 bits per heavy atom. The fraction of sp³-hybridized carbons (Fsp3) is 0.280. The zero-order valence-corrected chi connectivity index (χ0v) is 16.4. The Morgan fingerprint density at radius 3 is 2.08 bits per heavy atom. The van der Waals surface area contributed by atoms with E-state index in [1.807, 2.05) is 0 Å². The summed E-state index contributed by atoms with van der Waals surface area (Å²) in [6, 6.07) is 24.2. The molecule has 0 radical (unpaired) electrons. The highest BCUT2D eigenvalue weighted by molar-refractivity contribution is 5.91. The Morgan fingerprint density at radius 2 is 1.38 bits per heavy atom.